The van der Waals surface area contributed by atoms with Crippen molar-refractivity contribution < 1.29 is 14.3 Å². The van der Waals surface area contributed by atoms with Gasteiger partial charge in [0.15, 0.2) is 0 Å². The lowest BCUT2D eigenvalue weighted by molar-refractivity contribution is -0.144. The number of ether oxygens (including phenoxy) is 1. The van der Waals surface area contributed by atoms with Gasteiger partial charge in [-0.25, -0.2) is 4.79 Å². The van der Waals surface area contributed by atoms with E-state index in [2.05, 4.69) is 21.2 Å². The Morgan fingerprint density at radius 1 is 1.50 bits per heavy atom. The van der Waals surface area contributed by atoms with Gasteiger partial charge in [0, 0.05) is 17.2 Å². The minimum Gasteiger partial charge on any atom is -0.464 e. The standard InChI is InChI=1S/C12H17BrN2O3/c1-4-15-7-9(13)6-10(15)11(16)14-8(3)12(17)18-5-2/h6-8H,4-5H2,1-3H3,(H,14,16). The molecular weight excluding hydrogens is 300 g/mol. The molecule has 0 aliphatic heterocycles. The molecule has 0 radical (unpaired) electrons. The van der Waals surface area contributed by atoms with E-state index >= 15 is 0 Å². The molecule has 0 aliphatic carbocycles. The minimum atomic E-state index is -0.656. The Morgan fingerprint density at radius 3 is 2.72 bits per heavy atom. The summed E-state index contributed by atoms with van der Waals surface area (Å²) in [6.07, 6.45) is 1.82. The molecule has 0 aliphatic rings. The summed E-state index contributed by atoms with van der Waals surface area (Å²) in [5.41, 5.74) is 0.514. The molecule has 0 fully saturated rings. The molecule has 1 heterocycles. The SMILES string of the molecule is CCOC(=O)C(C)NC(=O)c1cc(Br)cn1CC. The molecule has 0 saturated heterocycles. The average Bonchev–Trinajstić information content (AvgIpc) is 2.70. The van der Waals surface area contributed by atoms with Gasteiger partial charge in [-0.15, -0.1) is 0 Å². The van der Waals surface area contributed by atoms with Gasteiger partial charge in [-0.1, -0.05) is 0 Å². The lowest BCUT2D eigenvalue weighted by Gasteiger charge is -2.13. The monoisotopic (exact) mass is 316 g/mol. The molecule has 1 atom stereocenters. The fraction of sp³-hybridized carbons (Fsp3) is 0.500. The Labute approximate surface area is 115 Å². The second-order valence-electron chi connectivity index (χ2n) is 3.78. The molecule has 1 rings (SSSR count). The summed E-state index contributed by atoms with van der Waals surface area (Å²) in [6.45, 7) is 6.26. The van der Waals surface area contributed by atoms with E-state index in [1.54, 1.807) is 24.5 Å². The number of halogens is 1. The summed E-state index contributed by atoms with van der Waals surface area (Å²) in [5, 5.41) is 2.61. The van der Waals surface area contributed by atoms with Gasteiger partial charge >= 0.3 is 5.97 Å². The molecule has 0 spiro atoms. The van der Waals surface area contributed by atoms with Crippen molar-refractivity contribution in [1.82, 2.24) is 9.88 Å². The van der Waals surface area contributed by atoms with E-state index in [1.165, 1.54) is 0 Å². The number of nitrogens with one attached hydrogen (secondary N) is 1. The lowest BCUT2D eigenvalue weighted by Crippen LogP contribution is -2.40. The fourth-order valence-corrected chi connectivity index (χ4v) is 1.99. The topological polar surface area (TPSA) is 60.3 Å². The van der Waals surface area contributed by atoms with E-state index < -0.39 is 12.0 Å². The largest absolute Gasteiger partial charge is 0.464 e. The lowest BCUT2D eigenvalue weighted by atomic mass is 10.3. The van der Waals surface area contributed by atoms with Gasteiger partial charge in [-0.3, -0.25) is 4.79 Å². The highest BCUT2D eigenvalue weighted by atomic mass is 79.9. The zero-order chi connectivity index (χ0) is 13.7. The molecular formula is C12H17BrN2O3. The predicted octanol–water partition coefficient (Wildman–Crippen LogP) is 1.95. The molecule has 18 heavy (non-hydrogen) atoms. The number of aryl methyl sites for hydroxylation is 1. The van der Waals surface area contributed by atoms with Gasteiger partial charge in [-0.2, -0.15) is 0 Å². The van der Waals surface area contributed by atoms with Crippen molar-refractivity contribution in [1.29, 1.82) is 0 Å². The molecule has 100 valence electrons. The second-order valence-corrected chi connectivity index (χ2v) is 4.69. The smallest absolute Gasteiger partial charge is 0.328 e. The number of carbonyl (C=O) groups is 2. The minimum absolute atomic E-state index is 0.289. The van der Waals surface area contributed by atoms with E-state index in [9.17, 15) is 9.59 Å². The maximum Gasteiger partial charge on any atom is 0.328 e. The van der Waals surface area contributed by atoms with Crippen LogP contribution >= 0.6 is 15.9 Å². The van der Waals surface area contributed by atoms with E-state index in [0.717, 1.165) is 4.47 Å². The van der Waals surface area contributed by atoms with Gasteiger partial charge in [0.05, 0.1) is 6.61 Å². The Hall–Kier alpha value is -1.30. The average molecular weight is 317 g/mol. The maximum absolute atomic E-state index is 12.0. The Kier molecular flexibility index (Phi) is 5.40. The number of hydrogen-bond donors (Lipinski definition) is 1. The summed E-state index contributed by atoms with van der Waals surface area (Å²) >= 11 is 3.32. The predicted molar refractivity (Wildman–Crippen MR) is 71.4 cm³/mol. The Morgan fingerprint density at radius 2 is 2.17 bits per heavy atom. The number of aromatic nitrogens is 1. The zero-order valence-corrected chi connectivity index (χ0v) is 12.3. The molecule has 5 nitrogen and oxygen atoms in total. The van der Waals surface area contributed by atoms with Crippen molar-refractivity contribution >= 4 is 27.8 Å². The summed E-state index contributed by atoms with van der Waals surface area (Å²) in [4.78, 5) is 23.4. The number of amides is 1. The van der Waals surface area contributed by atoms with Gasteiger partial charge < -0.3 is 14.6 Å². The zero-order valence-electron chi connectivity index (χ0n) is 10.7. The van der Waals surface area contributed by atoms with Gasteiger partial charge in [0.25, 0.3) is 5.91 Å². The third-order valence-electron chi connectivity index (χ3n) is 2.42. The first-order valence-corrected chi connectivity index (χ1v) is 6.62. The quantitative estimate of drug-likeness (QED) is 0.845. The highest BCUT2D eigenvalue weighted by molar-refractivity contribution is 9.10. The van der Waals surface area contributed by atoms with E-state index in [-0.39, 0.29) is 5.91 Å². The van der Waals surface area contributed by atoms with E-state index in [1.807, 2.05) is 13.1 Å². The van der Waals surface area contributed by atoms with Crippen LogP contribution in [0.5, 0.6) is 0 Å². The van der Waals surface area contributed by atoms with E-state index in [4.69, 9.17) is 4.74 Å². The normalized spacial score (nSPS) is 12.0. The van der Waals surface area contributed by atoms with Crippen molar-refractivity contribution in [2.24, 2.45) is 0 Å². The van der Waals surface area contributed by atoms with Crippen LogP contribution in [-0.4, -0.2) is 29.1 Å². The van der Waals surface area contributed by atoms with Crippen LogP contribution < -0.4 is 5.32 Å². The van der Waals surface area contributed by atoms with Crippen molar-refractivity contribution in [2.45, 2.75) is 33.4 Å². The van der Waals surface area contributed by atoms with Gasteiger partial charge in [0.1, 0.15) is 11.7 Å². The number of hydrogen-bond acceptors (Lipinski definition) is 3. The first-order chi connectivity index (χ1) is 8.49. The summed E-state index contributed by atoms with van der Waals surface area (Å²) in [7, 11) is 0. The molecule has 1 aromatic rings. The highest BCUT2D eigenvalue weighted by Gasteiger charge is 2.19. The van der Waals surface area contributed by atoms with Crippen molar-refractivity contribution in [3.63, 3.8) is 0 Å². The maximum atomic E-state index is 12.0. The molecule has 0 aromatic carbocycles. The molecule has 0 saturated carbocycles. The summed E-state index contributed by atoms with van der Waals surface area (Å²) in [5.74, 6) is -0.720. The molecule has 1 amide bonds. The third kappa shape index (κ3) is 3.60. The van der Waals surface area contributed by atoms with Crippen molar-refractivity contribution in [2.75, 3.05) is 6.61 Å². The van der Waals surface area contributed by atoms with Crippen molar-refractivity contribution in [3.8, 4) is 0 Å². The molecule has 0 bridgehead atoms. The van der Waals surface area contributed by atoms with Crippen LogP contribution in [0, 0.1) is 0 Å². The van der Waals surface area contributed by atoms with Crippen LogP contribution in [-0.2, 0) is 16.1 Å². The number of esters is 1. The number of rotatable bonds is 5. The van der Waals surface area contributed by atoms with Crippen LogP contribution in [0.2, 0.25) is 0 Å². The molecule has 6 heteroatoms. The number of carbonyl (C=O) groups excluding carboxylic acids is 2. The van der Waals surface area contributed by atoms with Crippen LogP contribution in [0.25, 0.3) is 0 Å². The first kappa shape index (κ1) is 14.8. The fourth-order valence-electron chi connectivity index (χ4n) is 1.52. The third-order valence-corrected chi connectivity index (χ3v) is 2.86. The summed E-state index contributed by atoms with van der Waals surface area (Å²) < 4.78 is 7.47. The van der Waals surface area contributed by atoms with E-state index in [0.29, 0.717) is 18.8 Å². The van der Waals surface area contributed by atoms with Crippen molar-refractivity contribution in [3.05, 3.63) is 22.4 Å². The molecule has 1 N–H and O–H groups in total. The van der Waals surface area contributed by atoms with Crippen LogP contribution in [0.1, 0.15) is 31.3 Å². The van der Waals surface area contributed by atoms with Crippen LogP contribution in [0.4, 0.5) is 0 Å². The highest BCUT2D eigenvalue weighted by Crippen LogP contribution is 2.15. The Balaban J connectivity index is 2.73. The Bertz CT molecular complexity index is 443. The van der Waals surface area contributed by atoms with Gasteiger partial charge in [-0.05, 0) is 42.8 Å². The summed E-state index contributed by atoms with van der Waals surface area (Å²) in [6, 6.07) is 1.06. The molecule has 1 aromatic heterocycles. The first-order valence-electron chi connectivity index (χ1n) is 5.82. The van der Waals surface area contributed by atoms with Gasteiger partial charge in [0.2, 0.25) is 0 Å². The van der Waals surface area contributed by atoms with Crippen LogP contribution in [0.3, 0.4) is 0 Å². The molecule has 1 unspecified atom stereocenters. The number of nitrogens with zero attached hydrogens (tertiary/aromatic N) is 1. The van der Waals surface area contributed by atoms with Crippen LogP contribution in [0.15, 0.2) is 16.7 Å². The second kappa shape index (κ2) is 6.58.